The van der Waals surface area contributed by atoms with Crippen molar-refractivity contribution < 1.29 is 9.50 Å². The number of aryl methyl sites for hydroxylation is 2. The largest absolute Gasteiger partial charge is 0.387 e. The van der Waals surface area contributed by atoms with Gasteiger partial charge in [-0.1, -0.05) is 35.9 Å². The van der Waals surface area contributed by atoms with Gasteiger partial charge in [0.15, 0.2) is 0 Å². The molecule has 0 aliphatic carbocycles. The molecule has 112 valence electrons. The van der Waals surface area contributed by atoms with Crippen molar-refractivity contribution in [3.63, 3.8) is 0 Å². The van der Waals surface area contributed by atoms with Crippen LogP contribution in [-0.4, -0.2) is 11.7 Å². The molecule has 4 heteroatoms. The Morgan fingerprint density at radius 1 is 1.14 bits per heavy atom. The van der Waals surface area contributed by atoms with Crippen LogP contribution in [0.25, 0.3) is 0 Å². The fourth-order valence-electron chi connectivity index (χ4n) is 2.29. The first kappa shape index (κ1) is 16.0. The van der Waals surface area contributed by atoms with Gasteiger partial charge in [0.1, 0.15) is 5.82 Å². The summed E-state index contributed by atoms with van der Waals surface area (Å²) in [6, 6.07) is 10.8. The van der Waals surface area contributed by atoms with Gasteiger partial charge in [-0.05, 0) is 48.2 Å². The summed E-state index contributed by atoms with van der Waals surface area (Å²) in [5.41, 5.74) is 3.11. The number of hydrogen-bond donors (Lipinski definition) is 2. The summed E-state index contributed by atoms with van der Waals surface area (Å²) in [6.07, 6.45) is -0.593. The summed E-state index contributed by atoms with van der Waals surface area (Å²) in [6.45, 7) is 4.53. The molecular formula is C17H19ClFNO. The van der Waals surface area contributed by atoms with Crippen LogP contribution >= 0.6 is 11.6 Å². The molecule has 0 spiro atoms. The van der Waals surface area contributed by atoms with Crippen LogP contribution in [0.5, 0.6) is 0 Å². The molecule has 0 saturated carbocycles. The maximum Gasteiger partial charge on any atom is 0.129 e. The highest BCUT2D eigenvalue weighted by atomic mass is 35.5. The smallest absolute Gasteiger partial charge is 0.129 e. The van der Waals surface area contributed by atoms with E-state index in [9.17, 15) is 9.50 Å². The lowest BCUT2D eigenvalue weighted by Crippen LogP contribution is -2.21. The summed E-state index contributed by atoms with van der Waals surface area (Å²) in [5, 5.41) is 13.9. The second-order valence-corrected chi connectivity index (χ2v) is 5.68. The van der Waals surface area contributed by atoms with E-state index in [2.05, 4.69) is 5.32 Å². The predicted molar refractivity (Wildman–Crippen MR) is 84.0 cm³/mol. The van der Waals surface area contributed by atoms with Crippen molar-refractivity contribution in [3.8, 4) is 0 Å². The quantitative estimate of drug-likeness (QED) is 0.877. The summed E-state index contributed by atoms with van der Waals surface area (Å²) in [5.74, 6) is -0.153. The van der Waals surface area contributed by atoms with Crippen LogP contribution in [0.3, 0.4) is 0 Å². The molecule has 0 heterocycles. The van der Waals surface area contributed by atoms with Crippen LogP contribution < -0.4 is 5.32 Å². The molecule has 0 aliphatic rings. The molecule has 0 radical (unpaired) electrons. The van der Waals surface area contributed by atoms with Crippen molar-refractivity contribution in [2.24, 2.45) is 0 Å². The molecular weight excluding hydrogens is 289 g/mol. The Bertz CT molecular complexity index is 590. The Morgan fingerprint density at radius 3 is 2.29 bits per heavy atom. The lowest BCUT2D eigenvalue weighted by molar-refractivity contribution is 0.174. The highest BCUT2D eigenvalue weighted by molar-refractivity contribution is 6.30. The second kappa shape index (κ2) is 7.03. The van der Waals surface area contributed by atoms with E-state index in [0.29, 0.717) is 29.2 Å². The van der Waals surface area contributed by atoms with Crippen LogP contribution in [0, 0.1) is 19.7 Å². The predicted octanol–water partition coefficient (Wildman–Crippen LogP) is 3.92. The third-order valence-corrected chi connectivity index (χ3v) is 3.67. The van der Waals surface area contributed by atoms with Crippen molar-refractivity contribution in [3.05, 3.63) is 69.5 Å². The minimum atomic E-state index is -0.593. The van der Waals surface area contributed by atoms with Crippen molar-refractivity contribution in [1.29, 1.82) is 0 Å². The molecule has 1 unspecified atom stereocenters. The lowest BCUT2D eigenvalue weighted by atomic mass is 10.1. The zero-order chi connectivity index (χ0) is 15.4. The van der Waals surface area contributed by atoms with Crippen molar-refractivity contribution in [2.45, 2.75) is 26.5 Å². The van der Waals surface area contributed by atoms with E-state index in [0.717, 1.165) is 11.1 Å². The van der Waals surface area contributed by atoms with Crippen molar-refractivity contribution in [1.82, 2.24) is 5.32 Å². The minimum Gasteiger partial charge on any atom is -0.387 e. The van der Waals surface area contributed by atoms with Gasteiger partial charge in [0.2, 0.25) is 0 Å². The van der Waals surface area contributed by atoms with Crippen LogP contribution in [-0.2, 0) is 6.54 Å². The summed E-state index contributed by atoms with van der Waals surface area (Å²) < 4.78 is 13.5. The van der Waals surface area contributed by atoms with Crippen LogP contribution in [0.1, 0.15) is 28.4 Å². The standard InChI is InChI=1S/C17H19ClFNO/c1-11-7-13(8-12(2)17(11)19)9-20-10-16(21)14-3-5-15(18)6-4-14/h3-8,16,20-21H,9-10H2,1-2H3. The number of aliphatic hydroxyl groups excluding tert-OH is 1. The zero-order valence-electron chi connectivity index (χ0n) is 12.2. The maximum atomic E-state index is 13.5. The number of halogens is 2. The molecule has 2 aromatic rings. The molecule has 1 atom stereocenters. The van der Waals surface area contributed by atoms with Crippen molar-refractivity contribution >= 4 is 11.6 Å². The van der Waals surface area contributed by atoms with Gasteiger partial charge in [-0.25, -0.2) is 4.39 Å². The second-order valence-electron chi connectivity index (χ2n) is 5.24. The first-order valence-electron chi connectivity index (χ1n) is 6.87. The maximum absolute atomic E-state index is 13.5. The van der Waals surface area contributed by atoms with E-state index in [-0.39, 0.29) is 5.82 Å². The SMILES string of the molecule is Cc1cc(CNCC(O)c2ccc(Cl)cc2)cc(C)c1F. The van der Waals surface area contributed by atoms with E-state index in [4.69, 9.17) is 11.6 Å². The number of benzene rings is 2. The number of rotatable bonds is 5. The Kier molecular flexibility index (Phi) is 5.34. The molecule has 2 rings (SSSR count). The first-order chi connectivity index (χ1) is 9.97. The fourth-order valence-corrected chi connectivity index (χ4v) is 2.42. The van der Waals surface area contributed by atoms with Crippen LogP contribution in [0.4, 0.5) is 4.39 Å². The van der Waals surface area contributed by atoms with Gasteiger partial charge in [0.25, 0.3) is 0 Å². The highest BCUT2D eigenvalue weighted by Crippen LogP contribution is 2.17. The zero-order valence-corrected chi connectivity index (χ0v) is 12.9. The molecule has 2 N–H and O–H groups in total. The molecule has 0 bridgehead atoms. The molecule has 21 heavy (non-hydrogen) atoms. The van der Waals surface area contributed by atoms with Crippen LogP contribution in [0.2, 0.25) is 5.02 Å². The Labute approximate surface area is 129 Å². The van der Waals surface area contributed by atoms with Gasteiger partial charge in [-0.2, -0.15) is 0 Å². The molecule has 0 aromatic heterocycles. The van der Waals surface area contributed by atoms with Crippen molar-refractivity contribution in [2.75, 3.05) is 6.54 Å². The van der Waals surface area contributed by atoms with E-state index in [1.54, 1.807) is 38.1 Å². The van der Waals surface area contributed by atoms with E-state index in [1.165, 1.54) is 0 Å². The molecule has 0 saturated heterocycles. The highest BCUT2D eigenvalue weighted by Gasteiger charge is 2.08. The average molecular weight is 308 g/mol. The van der Waals surface area contributed by atoms with Gasteiger partial charge in [-0.15, -0.1) is 0 Å². The lowest BCUT2D eigenvalue weighted by Gasteiger charge is -2.13. The third-order valence-electron chi connectivity index (χ3n) is 3.42. The Balaban J connectivity index is 1.91. The number of hydrogen-bond acceptors (Lipinski definition) is 2. The van der Waals surface area contributed by atoms with E-state index < -0.39 is 6.10 Å². The first-order valence-corrected chi connectivity index (χ1v) is 7.25. The van der Waals surface area contributed by atoms with E-state index >= 15 is 0 Å². The molecule has 0 fully saturated rings. The monoisotopic (exact) mass is 307 g/mol. The van der Waals surface area contributed by atoms with Gasteiger partial charge in [0, 0.05) is 18.1 Å². The molecule has 2 aromatic carbocycles. The minimum absolute atomic E-state index is 0.153. The van der Waals surface area contributed by atoms with Crippen LogP contribution in [0.15, 0.2) is 36.4 Å². The van der Waals surface area contributed by atoms with Gasteiger partial charge >= 0.3 is 0 Å². The molecule has 2 nitrogen and oxygen atoms in total. The third kappa shape index (κ3) is 4.27. The Hall–Kier alpha value is -1.42. The van der Waals surface area contributed by atoms with Gasteiger partial charge in [-0.3, -0.25) is 0 Å². The average Bonchev–Trinajstić information content (AvgIpc) is 2.45. The molecule has 0 aliphatic heterocycles. The normalized spacial score (nSPS) is 12.4. The van der Waals surface area contributed by atoms with Gasteiger partial charge < -0.3 is 10.4 Å². The summed E-state index contributed by atoms with van der Waals surface area (Å²) >= 11 is 5.82. The van der Waals surface area contributed by atoms with Gasteiger partial charge in [0.05, 0.1) is 6.10 Å². The summed E-state index contributed by atoms with van der Waals surface area (Å²) in [7, 11) is 0. The number of nitrogens with one attached hydrogen (secondary N) is 1. The summed E-state index contributed by atoms with van der Waals surface area (Å²) in [4.78, 5) is 0. The van der Waals surface area contributed by atoms with E-state index in [1.807, 2.05) is 12.1 Å². The topological polar surface area (TPSA) is 32.3 Å². The Morgan fingerprint density at radius 2 is 1.71 bits per heavy atom. The number of aliphatic hydroxyl groups is 1. The fraction of sp³-hybridized carbons (Fsp3) is 0.294. The molecule has 0 amide bonds.